The summed E-state index contributed by atoms with van der Waals surface area (Å²) < 4.78 is 10.1. The second-order valence-corrected chi connectivity index (χ2v) is 5.32. The lowest BCUT2D eigenvalue weighted by atomic mass is 9.70. The number of rotatable bonds is 2. The van der Waals surface area contributed by atoms with Crippen molar-refractivity contribution in [3.63, 3.8) is 0 Å². The van der Waals surface area contributed by atoms with Gasteiger partial charge in [0.15, 0.2) is 0 Å². The van der Waals surface area contributed by atoms with Gasteiger partial charge in [0, 0.05) is 11.8 Å². The molecule has 1 aliphatic heterocycles. The van der Waals surface area contributed by atoms with Crippen LogP contribution in [0.4, 0.5) is 0 Å². The van der Waals surface area contributed by atoms with Crippen LogP contribution in [0.25, 0.3) is 0 Å². The summed E-state index contributed by atoms with van der Waals surface area (Å²) >= 11 is 0. The largest absolute Gasteiger partial charge is 0.469 e. The van der Waals surface area contributed by atoms with Gasteiger partial charge in [-0.05, 0) is 25.7 Å². The van der Waals surface area contributed by atoms with Gasteiger partial charge in [-0.15, -0.1) is 0 Å². The number of hydrogen-bond acceptors (Lipinski definition) is 4. The highest BCUT2D eigenvalue weighted by atomic mass is 16.6. The van der Waals surface area contributed by atoms with Gasteiger partial charge in [-0.1, -0.05) is 6.92 Å². The summed E-state index contributed by atoms with van der Waals surface area (Å²) in [5.74, 6) is -0.147. The second kappa shape index (κ2) is 3.47. The molecule has 2 rings (SSSR count). The van der Waals surface area contributed by atoms with Crippen molar-refractivity contribution in [1.29, 1.82) is 0 Å². The zero-order valence-electron chi connectivity index (χ0n) is 10.0. The van der Waals surface area contributed by atoms with Crippen LogP contribution in [0.3, 0.4) is 0 Å². The molecule has 0 N–H and O–H groups in total. The van der Waals surface area contributed by atoms with Crippen LogP contribution in [0.15, 0.2) is 0 Å². The molecule has 1 saturated carbocycles. The first-order valence-electron chi connectivity index (χ1n) is 5.70. The lowest BCUT2D eigenvalue weighted by Gasteiger charge is -2.35. The fraction of sp³-hybridized carbons (Fsp3) is 0.833. The summed E-state index contributed by atoms with van der Waals surface area (Å²) in [5, 5.41) is 0. The standard InChI is InChI=1S/C12H18O4/c1-11-7-10(14)16-12(11,2)5-4-8(11)6-9(13)15-3/h8H,4-7H2,1-3H3/t8-,11+,12-/m0/s1. The van der Waals surface area contributed by atoms with E-state index >= 15 is 0 Å². The van der Waals surface area contributed by atoms with E-state index in [-0.39, 0.29) is 28.9 Å². The Morgan fingerprint density at radius 1 is 1.56 bits per heavy atom. The molecular formula is C12H18O4. The van der Waals surface area contributed by atoms with Crippen molar-refractivity contribution in [3.05, 3.63) is 0 Å². The molecule has 0 amide bonds. The maximum Gasteiger partial charge on any atom is 0.307 e. The zero-order valence-corrected chi connectivity index (χ0v) is 10.0. The van der Waals surface area contributed by atoms with E-state index in [9.17, 15) is 9.59 Å². The summed E-state index contributed by atoms with van der Waals surface area (Å²) in [7, 11) is 1.40. The van der Waals surface area contributed by atoms with Crippen molar-refractivity contribution >= 4 is 11.9 Å². The van der Waals surface area contributed by atoms with Gasteiger partial charge in [0.1, 0.15) is 5.60 Å². The topological polar surface area (TPSA) is 52.6 Å². The third-order valence-corrected chi connectivity index (χ3v) is 4.57. The normalized spacial score (nSPS) is 41.7. The van der Waals surface area contributed by atoms with E-state index in [0.29, 0.717) is 12.8 Å². The van der Waals surface area contributed by atoms with Crippen molar-refractivity contribution < 1.29 is 19.1 Å². The van der Waals surface area contributed by atoms with Gasteiger partial charge >= 0.3 is 11.9 Å². The first-order valence-corrected chi connectivity index (χ1v) is 5.70. The molecule has 3 atom stereocenters. The molecule has 2 aliphatic rings. The molecule has 1 saturated heterocycles. The number of methoxy groups -OCH3 is 1. The van der Waals surface area contributed by atoms with Gasteiger partial charge in [0.25, 0.3) is 0 Å². The molecule has 4 heteroatoms. The Hall–Kier alpha value is -1.06. The minimum atomic E-state index is -0.386. The molecule has 16 heavy (non-hydrogen) atoms. The molecule has 0 aromatic heterocycles. The van der Waals surface area contributed by atoms with E-state index in [1.165, 1.54) is 7.11 Å². The van der Waals surface area contributed by atoms with E-state index < -0.39 is 0 Å². The third kappa shape index (κ3) is 1.43. The summed E-state index contributed by atoms with van der Waals surface area (Å²) in [6.07, 6.45) is 2.58. The van der Waals surface area contributed by atoms with Crippen LogP contribution in [0.1, 0.15) is 39.5 Å². The van der Waals surface area contributed by atoms with Gasteiger partial charge in [-0.25, -0.2) is 0 Å². The molecule has 0 aromatic rings. The minimum absolute atomic E-state index is 0.139. The van der Waals surface area contributed by atoms with Crippen molar-refractivity contribution in [1.82, 2.24) is 0 Å². The van der Waals surface area contributed by atoms with Crippen LogP contribution in [0, 0.1) is 11.3 Å². The average molecular weight is 226 g/mol. The van der Waals surface area contributed by atoms with Gasteiger partial charge in [0.05, 0.1) is 13.5 Å². The van der Waals surface area contributed by atoms with E-state index in [2.05, 4.69) is 6.92 Å². The van der Waals surface area contributed by atoms with E-state index in [4.69, 9.17) is 9.47 Å². The molecule has 1 heterocycles. The Bertz CT molecular complexity index is 338. The Labute approximate surface area is 95.3 Å². The molecule has 1 aliphatic carbocycles. The Morgan fingerprint density at radius 3 is 2.88 bits per heavy atom. The highest BCUT2D eigenvalue weighted by molar-refractivity contribution is 5.75. The van der Waals surface area contributed by atoms with E-state index in [1.54, 1.807) is 0 Å². The van der Waals surface area contributed by atoms with Crippen LogP contribution in [0.5, 0.6) is 0 Å². The highest BCUT2D eigenvalue weighted by Gasteiger charge is 2.62. The molecule has 0 spiro atoms. The van der Waals surface area contributed by atoms with E-state index in [1.807, 2.05) is 6.92 Å². The van der Waals surface area contributed by atoms with Crippen molar-refractivity contribution in [2.75, 3.05) is 7.11 Å². The maximum absolute atomic E-state index is 11.4. The number of esters is 2. The number of ether oxygens (including phenoxy) is 2. The summed E-state index contributed by atoms with van der Waals surface area (Å²) in [4.78, 5) is 22.8. The van der Waals surface area contributed by atoms with Gasteiger partial charge in [0.2, 0.25) is 0 Å². The predicted octanol–water partition coefficient (Wildman–Crippen LogP) is 1.67. The summed E-state index contributed by atoms with van der Waals surface area (Å²) in [6.45, 7) is 4.04. The van der Waals surface area contributed by atoms with Crippen LogP contribution in [-0.2, 0) is 19.1 Å². The lowest BCUT2D eigenvalue weighted by molar-refractivity contribution is -0.148. The molecule has 90 valence electrons. The Kier molecular flexibility index (Phi) is 2.48. The van der Waals surface area contributed by atoms with Crippen LogP contribution < -0.4 is 0 Å². The molecule has 0 aromatic carbocycles. The predicted molar refractivity (Wildman–Crippen MR) is 56.6 cm³/mol. The van der Waals surface area contributed by atoms with E-state index in [0.717, 1.165) is 12.8 Å². The zero-order chi connectivity index (χ0) is 12.0. The van der Waals surface area contributed by atoms with Crippen molar-refractivity contribution in [2.24, 2.45) is 11.3 Å². The highest BCUT2D eigenvalue weighted by Crippen LogP contribution is 2.59. The van der Waals surface area contributed by atoms with Gasteiger partial charge in [-0.2, -0.15) is 0 Å². The number of fused-ring (bicyclic) bond motifs is 1. The molecule has 0 radical (unpaired) electrons. The summed E-state index contributed by atoms with van der Waals surface area (Å²) in [6, 6.07) is 0. The molecular weight excluding hydrogens is 208 g/mol. The van der Waals surface area contributed by atoms with Crippen LogP contribution in [-0.4, -0.2) is 24.6 Å². The summed E-state index contributed by atoms with van der Waals surface area (Å²) in [5.41, 5.74) is -0.596. The number of hydrogen-bond donors (Lipinski definition) is 0. The quantitative estimate of drug-likeness (QED) is 0.672. The Morgan fingerprint density at radius 2 is 2.25 bits per heavy atom. The minimum Gasteiger partial charge on any atom is -0.469 e. The number of carbonyl (C=O) groups is 2. The first-order chi connectivity index (χ1) is 7.41. The molecule has 0 unspecified atom stereocenters. The first kappa shape index (κ1) is 11.4. The third-order valence-electron chi connectivity index (χ3n) is 4.57. The molecule has 4 nitrogen and oxygen atoms in total. The molecule has 0 bridgehead atoms. The number of carbonyl (C=O) groups excluding carboxylic acids is 2. The maximum atomic E-state index is 11.4. The fourth-order valence-corrected chi connectivity index (χ4v) is 3.18. The van der Waals surface area contributed by atoms with Crippen molar-refractivity contribution in [2.45, 2.75) is 45.1 Å². The smallest absolute Gasteiger partial charge is 0.307 e. The van der Waals surface area contributed by atoms with Crippen molar-refractivity contribution in [3.8, 4) is 0 Å². The average Bonchev–Trinajstić information content (AvgIpc) is 2.55. The lowest BCUT2D eigenvalue weighted by Crippen LogP contribution is -2.39. The van der Waals surface area contributed by atoms with Gasteiger partial charge in [-0.3, -0.25) is 9.59 Å². The van der Waals surface area contributed by atoms with Crippen LogP contribution in [0.2, 0.25) is 0 Å². The van der Waals surface area contributed by atoms with Crippen LogP contribution >= 0.6 is 0 Å². The second-order valence-electron chi connectivity index (χ2n) is 5.32. The van der Waals surface area contributed by atoms with Gasteiger partial charge < -0.3 is 9.47 Å². The SMILES string of the molecule is COC(=O)C[C@@H]1CC[C@]2(C)OC(=O)C[C@]12C. The Balaban J connectivity index is 2.19. The monoisotopic (exact) mass is 226 g/mol. The molecule has 2 fully saturated rings. The fourth-order valence-electron chi connectivity index (χ4n) is 3.18.